The van der Waals surface area contributed by atoms with E-state index in [9.17, 15) is 18.8 Å². The summed E-state index contributed by atoms with van der Waals surface area (Å²) in [6.45, 7) is 4.53. The largest absolute Gasteiger partial charge is 0.450 e. The van der Waals surface area contributed by atoms with E-state index in [2.05, 4.69) is 10.6 Å². The first-order valence-corrected chi connectivity index (χ1v) is 9.00. The van der Waals surface area contributed by atoms with E-state index in [4.69, 9.17) is 4.74 Å². The maximum absolute atomic E-state index is 13.5. The van der Waals surface area contributed by atoms with Gasteiger partial charge >= 0.3 is 12.1 Å². The number of benzene rings is 1. The third-order valence-electron chi connectivity index (χ3n) is 4.13. The topological polar surface area (TPSA) is 91.0 Å². The van der Waals surface area contributed by atoms with E-state index < -0.39 is 11.7 Å². The van der Waals surface area contributed by atoms with Gasteiger partial charge in [0.05, 0.1) is 12.2 Å². The fourth-order valence-corrected chi connectivity index (χ4v) is 2.64. The summed E-state index contributed by atoms with van der Waals surface area (Å²) in [6.07, 6.45) is 0.164. The van der Waals surface area contributed by atoms with Gasteiger partial charge in [0.2, 0.25) is 0 Å². The molecule has 148 valence electrons. The fraction of sp³-hybridized carbons (Fsp3) is 0.500. The van der Waals surface area contributed by atoms with Crippen LogP contribution in [0, 0.1) is 5.82 Å². The minimum absolute atomic E-state index is 0.000932. The zero-order valence-electron chi connectivity index (χ0n) is 15.4. The molecule has 2 N–H and O–H groups in total. The number of hydrogen-bond acceptors (Lipinski definition) is 4. The van der Waals surface area contributed by atoms with Gasteiger partial charge in [0.25, 0.3) is 5.91 Å². The molecule has 27 heavy (non-hydrogen) atoms. The summed E-state index contributed by atoms with van der Waals surface area (Å²) in [7, 11) is 0. The fourth-order valence-electron chi connectivity index (χ4n) is 2.64. The molecule has 1 aliphatic heterocycles. The van der Waals surface area contributed by atoms with Crippen molar-refractivity contribution < 1.29 is 23.5 Å². The van der Waals surface area contributed by atoms with Gasteiger partial charge in [0.1, 0.15) is 5.82 Å². The zero-order chi connectivity index (χ0) is 19.6. The molecule has 0 unspecified atom stereocenters. The monoisotopic (exact) mass is 380 g/mol. The van der Waals surface area contributed by atoms with E-state index >= 15 is 0 Å². The summed E-state index contributed by atoms with van der Waals surface area (Å²) in [5.41, 5.74) is 0.000932. The van der Waals surface area contributed by atoms with Crippen LogP contribution in [-0.4, -0.2) is 73.7 Å². The first-order valence-electron chi connectivity index (χ1n) is 9.00. The highest BCUT2D eigenvalue weighted by Crippen LogP contribution is 2.06. The van der Waals surface area contributed by atoms with Crippen molar-refractivity contribution in [2.24, 2.45) is 0 Å². The van der Waals surface area contributed by atoms with Crippen LogP contribution in [0.25, 0.3) is 0 Å². The number of nitrogens with zero attached hydrogens (tertiary/aromatic N) is 2. The number of hydrogen-bond donors (Lipinski definition) is 2. The molecule has 9 heteroatoms. The lowest BCUT2D eigenvalue weighted by Gasteiger charge is -2.34. The molecule has 0 spiro atoms. The van der Waals surface area contributed by atoms with Crippen molar-refractivity contribution in [2.45, 2.75) is 13.3 Å². The van der Waals surface area contributed by atoms with Gasteiger partial charge in [-0.2, -0.15) is 0 Å². The van der Waals surface area contributed by atoms with E-state index in [-0.39, 0.29) is 17.7 Å². The Morgan fingerprint density at radius 1 is 1.04 bits per heavy atom. The van der Waals surface area contributed by atoms with Crippen LogP contribution in [0.15, 0.2) is 24.3 Å². The van der Waals surface area contributed by atoms with Crippen molar-refractivity contribution in [3.63, 3.8) is 0 Å². The molecule has 1 aromatic carbocycles. The van der Waals surface area contributed by atoms with Crippen LogP contribution < -0.4 is 10.6 Å². The normalized spacial score (nSPS) is 13.9. The van der Waals surface area contributed by atoms with E-state index in [1.54, 1.807) is 22.8 Å². The van der Waals surface area contributed by atoms with Crippen molar-refractivity contribution in [3.05, 3.63) is 35.6 Å². The standard InChI is InChI=1S/C18H25FN4O4/c1-2-27-18(26)23-12-10-22(11-13-23)17(25)21-9-5-8-20-16(24)14-6-3-4-7-15(14)19/h3-4,6-7H,2,5,8-13H2,1H3,(H,20,24)(H,21,25). The summed E-state index contributed by atoms with van der Waals surface area (Å²) in [5, 5.41) is 5.39. The number of carbonyl (C=O) groups excluding carboxylic acids is 3. The average Bonchev–Trinajstić information content (AvgIpc) is 2.68. The molecule has 8 nitrogen and oxygen atoms in total. The van der Waals surface area contributed by atoms with Crippen molar-refractivity contribution in [1.82, 2.24) is 20.4 Å². The minimum Gasteiger partial charge on any atom is -0.450 e. The van der Waals surface area contributed by atoms with Gasteiger partial charge in [-0.05, 0) is 25.5 Å². The highest BCUT2D eigenvalue weighted by Gasteiger charge is 2.24. The number of rotatable bonds is 6. The highest BCUT2D eigenvalue weighted by atomic mass is 19.1. The van der Waals surface area contributed by atoms with Gasteiger partial charge < -0.3 is 25.2 Å². The molecule has 1 saturated heterocycles. The molecule has 0 atom stereocenters. The summed E-state index contributed by atoms with van der Waals surface area (Å²) in [4.78, 5) is 38.8. The Kier molecular flexibility index (Phi) is 7.84. The Morgan fingerprint density at radius 3 is 2.33 bits per heavy atom. The van der Waals surface area contributed by atoms with Crippen LogP contribution in [0.5, 0.6) is 0 Å². The average molecular weight is 380 g/mol. The SMILES string of the molecule is CCOC(=O)N1CCN(C(=O)NCCCNC(=O)c2ccccc2F)CC1. The molecule has 0 aromatic heterocycles. The number of urea groups is 1. The Morgan fingerprint density at radius 2 is 1.67 bits per heavy atom. The predicted molar refractivity (Wildman–Crippen MR) is 96.9 cm³/mol. The summed E-state index contributed by atoms with van der Waals surface area (Å²) >= 11 is 0. The molecule has 0 bridgehead atoms. The maximum Gasteiger partial charge on any atom is 0.409 e. The molecule has 0 radical (unpaired) electrons. The van der Waals surface area contributed by atoms with Crippen molar-refractivity contribution >= 4 is 18.0 Å². The van der Waals surface area contributed by atoms with E-state index in [0.717, 1.165) is 0 Å². The molecule has 1 aliphatic rings. The van der Waals surface area contributed by atoms with Crippen molar-refractivity contribution in [1.29, 1.82) is 0 Å². The number of piperazine rings is 1. The van der Waals surface area contributed by atoms with E-state index in [1.165, 1.54) is 18.2 Å². The Hall–Kier alpha value is -2.84. The third-order valence-corrected chi connectivity index (χ3v) is 4.13. The Balaban J connectivity index is 1.61. The molecule has 4 amide bonds. The number of halogens is 1. The van der Waals surface area contributed by atoms with Gasteiger partial charge in [-0.15, -0.1) is 0 Å². The summed E-state index contributed by atoms with van der Waals surface area (Å²) < 4.78 is 18.4. The highest BCUT2D eigenvalue weighted by molar-refractivity contribution is 5.94. The van der Waals surface area contributed by atoms with Crippen LogP contribution >= 0.6 is 0 Å². The first kappa shape index (κ1) is 20.5. The van der Waals surface area contributed by atoms with Crippen LogP contribution in [0.4, 0.5) is 14.0 Å². The van der Waals surface area contributed by atoms with Gasteiger partial charge in [-0.25, -0.2) is 14.0 Å². The van der Waals surface area contributed by atoms with Crippen LogP contribution in [0.1, 0.15) is 23.7 Å². The summed E-state index contributed by atoms with van der Waals surface area (Å²) in [6, 6.07) is 5.56. The van der Waals surface area contributed by atoms with Crippen molar-refractivity contribution in [2.75, 3.05) is 45.9 Å². The van der Waals surface area contributed by atoms with Crippen LogP contribution in [-0.2, 0) is 4.74 Å². The third kappa shape index (κ3) is 6.12. The maximum atomic E-state index is 13.5. The molecule has 0 saturated carbocycles. The number of nitrogens with one attached hydrogen (secondary N) is 2. The number of carbonyl (C=O) groups is 3. The van der Waals surface area contributed by atoms with Gasteiger partial charge in [0, 0.05) is 39.3 Å². The molecule has 0 aliphatic carbocycles. The molecular weight excluding hydrogens is 355 g/mol. The second-order valence-electron chi connectivity index (χ2n) is 5.99. The smallest absolute Gasteiger partial charge is 0.409 e. The lowest BCUT2D eigenvalue weighted by molar-refractivity contribution is 0.0851. The molecular formula is C18H25FN4O4. The number of ether oxygens (including phenoxy) is 1. The van der Waals surface area contributed by atoms with Gasteiger partial charge in [-0.1, -0.05) is 12.1 Å². The first-order chi connectivity index (χ1) is 13.0. The van der Waals surface area contributed by atoms with E-state index in [1.807, 2.05) is 0 Å². The van der Waals surface area contributed by atoms with Crippen molar-refractivity contribution in [3.8, 4) is 0 Å². The summed E-state index contributed by atoms with van der Waals surface area (Å²) in [5.74, 6) is -1.04. The van der Waals surface area contributed by atoms with Crippen LogP contribution in [0.2, 0.25) is 0 Å². The van der Waals surface area contributed by atoms with Gasteiger partial charge in [0.15, 0.2) is 0 Å². The second kappa shape index (κ2) is 10.3. The lowest BCUT2D eigenvalue weighted by atomic mass is 10.2. The predicted octanol–water partition coefficient (Wildman–Crippen LogP) is 1.43. The second-order valence-corrected chi connectivity index (χ2v) is 5.99. The molecule has 1 aromatic rings. The Labute approximate surface area is 157 Å². The van der Waals surface area contributed by atoms with Crippen LogP contribution in [0.3, 0.4) is 0 Å². The quantitative estimate of drug-likeness (QED) is 0.731. The minimum atomic E-state index is -0.565. The zero-order valence-corrected chi connectivity index (χ0v) is 15.4. The van der Waals surface area contributed by atoms with Gasteiger partial charge in [-0.3, -0.25) is 4.79 Å². The number of amides is 4. The molecule has 1 fully saturated rings. The molecule has 1 heterocycles. The Bertz CT molecular complexity index is 663. The molecule has 2 rings (SSSR count). The van der Waals surface area contributed by atoms with E-state index in [0.29, 0.717) is 52.3 Å². The lowest BCUT2D eigenvalue weighted by Crippen LogP contribution is -2.53.